The molecule has 3 amide bonds. The maximum absolute atomic E-state index is 13.0. The number of fused-ring (bicyclic) bond motifs is 1. The average molecular weight is 503 g/mol. The van der Waals surface area contributed by atoms with E-state index >= 15 is 0 Å². The van der Waals surface area contributed by atoms with Gasteiger partial charge in [0.15, 0.2) is 0 Å². The Hall–Kier alpha value is -3.59. The molecule has 4 heterocycles. The lowest BCUT2D eigenvalue weighted by molar-refractivity contribution is -0.136. The summed E-state index contributed by atoms with van der Waals surface area (Å²) < 4.78 is 0. The van der Waals surface area contributed by atoms with Gasteiger partial charge in [-0.05, 0) is 67.3 Å². The molecular weight excluding hydrogens is 468 g/mol. The van der Waals surface area contributed by atoms with Crippen molar-refractivity contribution in [3.05, 3.63) is 53.6 Å². The van der Waals surface area contributed by atoms with Crippen LogP contribution in [0.5, 0.6) is 0 Å². The van der Waals surface area contributed by atoms with Gasteiger partial charge in [-0.25, -0.2) is 0 Å². The number of hydrogen-bond acceptors (Lipinski definition) is 7. The molecule has 3 fully saturated rings. The van der Waals surface area contributed by atoms with Crippen LogP contribution in [0.15, 0.2) is 42.5 Å². The lowest BCUT2D eigenvalue weighted by Crippen LogP contribution is -2.53. The summed E-state index contributed by atoms with van der Waals surface area (Å²) in [5, 5.41) is 2.37. The van der Waals surface area contributed by atoms with E-state index in [9.17, 15) is 14.4 Å². The van der Waals surface area contributed by atoms with Crippen molar-refractivity contribution in [3.63, 3.8) is 0 Å². The maximum Gasteiger partial charge on any atom is 0.255 e. The zero-order valence-electron chi connectivity index (χ0n) is 21.1. The predicted octanol–water partition coefficient (Wildman–Crippen LogP) is 1.82. The minimum Gasteiger partial charge on any atom is -0.399 e. The van der Waals surface area contributed by atoms with E-state index in [-0.39, 0.29) is 24.1 Å². The van der Waals surface area contributed by atoms with Crippen LogP contribution in [0, 0.1) is 0 Å². The lowest BCUT2D eigenvalue weighted by atomic mass is 10.0. The van der Waals surface area contributed by atoms with E-state index in [0.717, 1.165) is 56.2 Å². The number of nitrogens with two attached hydrogens (primary N) is 1. The number of nitrogens with zero attached hydrogens (tertiary/aromatic N) is 4. The van der Waals surface area contributed by atoms with Gasteiger partial charge in [0.25, 0.3) is 5.91 Å². The number of benzene rings is 2. The molecule has 0 saturated carbocycles. The van der Waals surface area contributed by atoms with E-state index in [1.54, 1.807) is 4.90 Å². The molecule has 2 aromatic carbocycles. The molecule has 3 N–H and O–H groups in total. The minimum atomic E-state index is -0.573. The van der Waals surface area contributed by atoms with E-state index in [0.29, 0.717) is 24.6 Å². The van der Waals surface area contributed by atoms with Crippen LogP contribution in [0.1, 0.15) is 41.6 Å². The number of carbonyl (C=O) groups is 3. The summed E-state index contributed by atoms with van der Waals surface area (Å²) >= 11 is 0. The topological polar surface area (TPSA) is 102 Å². The summed E-state index contributed by atoms with van der Waals surface area (Å²) in [5.74, 6) is -0.751. The van der Waals surface area contributed by atoms with Crippen molar-refractivity contribution in [2.45, 2.75) is 44.3 Å². The smallest absolute Gasteiger partial charge is 0.255 e. The first-order valence-electron chi connectivity index (χ1n) is 13.3. The molecule has 6 rings (SSSR count). The molecule has 0 aliphatic carbocycles. The van der Waals surface area contributed by atoms with Gasteiger partial charge in [0.2, 0.25) is 11.8 Å². The highest BCUT2D eigenvalue weighted by molar-refractivity contribution is 6.05. The highest BCUT2D eigenvalue weighted by atomic mass is 16.2. The van der Waals surface area contributed by atoms with Crippen molar-refractivity contribution in [1.82, 2.24) is 15.1 Å². The first kappa shape index (κ1) is 23.8. The summed E-state index contributed by atoms with van der Waals surface area (Å²) in [7, 11) is 0. The number of piperazine rings is 1. The molecule has 0 bridgehead atoms. The molecule has 37 heavy (non-hydrogen) atoms. The van der Waals surface area contributed by atoms with E-state index in [1.807, 2.05) is 24.3 Å². The molecule has 4 aliphatic heterocycles. The van der Waals surface area contributed by atoms with Crippen molar-refractivity contribution >= 4 is 34.8 Å². The molecule has 1 unspecified atom stereocenters. The molecule has 3 saturated heterocycles. The van der Waals surface area contributed by atoms with Gasteiger partial charge in [0, 0.05) is 80.9 Å². The summed E-state index contributed by atoms with van der Waals surface area (Å²) in [6.45, 7) is 6.54. The third-order valence-electron chi connectivity index (χ3n) is 8.43. The first-order chi connectivity index (χ1) is 18.0. The third-order valence-corrected chi connectivity index (χ3v) is 8.43. The van der Waals surface area contributed by atoms with Gasteiger partial charge < -0.3 is 20.4 Å². The number of carbonyl (C=O) groups excluding carboxylic acids is 3. The molecule has 2 aromatic rings. The number of amides is 3. The summed E-state index contributed by atoms with van der Waals surface area (Å²) in [6.07, 6.45) is 2.99. The quantitative estimate of drug-likeness (QED) is 0.486. The van der Waals surface area contributed by atoms with Crippen molar-refractivity contribution in [2.24, 2.45) is 0 Å². The molecule has 194 valence electrons. The van der Waals surface area contributed by atoms with Gasteiger partial charge in [0.05, 0.1) is 0 Å². The highest BCUT2D eigenvalue weighted by Crippen LogP contribution is 2.31. The SMILES string of the molecule is Nc1ccc(N2CCC(N3CCN(c4ccc5c(c4)CN(C4CCC(=O)NC4=O)C5=O)CC3)CC2)cc1. The van der Waals surface area contributed by atoms with Crippen LogP contribution in [0.4, 0.5) is 17.1 Å². The number of nitrogens with one attached hydrogen (secondary N) is 1. The normalized spacial score (nSPS) is 23.4. The van der Waals surface area contributed by atoms with Crippen molar-refractivity contribution in [2.75, 3.05) is 54.8 Å². The Morgan fingerprint density at radius 2 is 1.46 bits per heavy atom. The van der Waals surface area contributed by atoms with Gasteiger partial charge in [0.1, 0.15) is 6.04 Å². The van der Waals surface area contributed by atoms with E-state index in [2.05, 4.69) is 38.2 Å². The van der Waals surface area contributed by atoms with Crippen molar-refractivity contribution in [3.8, 4) is 0 Å². The van der Waals surface area contributed by atoms with Crippen LogP contribution in [-0.2, 0) is 16.1 Å². The van der Waals surface area contributed by atoms with Gasteiger partial charge >= 0.3 is 0 Å². The Morgan fingerprint density at radius 1 is 0.784 bits per heavy atom. The Labute approximate surface area is 217 Å². The molecule has 9 heteroatoms. The number of anilines is 3. The lowest BCUT2D eigenvalue weighted by Gasteiger charge is -2.44. The minimum absolute atomic E-state index is 0.119. The van der Waals surface area contributed by atoms with Crippen LogP contribution >= 0.6 is 0 Å². The number of nitrogen functional groups attached to an aromatic ring is 1. The fraction of sp³-hybridized carbons (Fsp3) is 0.464. The van der Waals surface area contributed by atoms with Gasteiger partial charge in [-0.2, -0.15) is 0 Å². The summed E-state index contributed by atoms with van der Waals surface area (Å²) in [6, 6.07) is 14.3. The number of rotatable bonds is 4. The van der Waals surface area contributed by atoms with E-state index in [1.165, 1.54) is 18.5 Å². The molecular formula is C28H34N6O3. The van der Waals surface area contributed by atoms with Gasteiger partial charge in [-0.1, -0.05) is 0 Å². The Kier molecular flexibility index (Phi) is 6.24. The summed E-state index contributed by atoms with van der Waals surface area (Å²) in [5.41, 5.74) is 10.7. The van der Waals surface area contributed by atoms with Crippen LogP contribution < -0.4 is 20.9 Å². The second kappa shape index (κ2) is 9.70. The molecule has 0 aromatic heterocycles. The molecule has 1 atom stereocenters. The molecule has 0 spiro atoms. The monoisotopic (exact) mass is 502 g/mol. The average Bonchev–Trinajstić information content (AvgIpc) is 3.24. The van der Waals surface area contributed by atoms with Crippen LogP contribution in [0.2, 0.25) is 0 Å². The second-order valence-electron chi connectivity index (χ2n) is 10.6. The molecule has 0 radical (unpaired) electrons. The fourth-order valence-corrected chi connectivity index (χ4v) is 6.28. The zero-order valence-corrected chi connectivity index (χ0v) is 21.1. The van der Waals surface area contributed by atoms with Crippen LogP contribution in [-0.4, -0.2) is 78.9 Å². The largest absolute Gasteiger partial charge is 0.399 e. The van der Waals surface area contributed by atoms with Gasteiger partial charge in [-0.15, -0.1) is 0 Å². The molecule has 9 nitrogen and oxygen atoms in total. The highest BCUT2D eigenvalue weighted by Gasteiger charge is 2.39. The Balaban J connectivity index is 1.04. The van der Waals surface area contributed by atoms with Gasteiger partial charge in [-0.3, -0.25) is 24.6 Å². The van der Waals surface area contributed by atoms with E-state index in [4.69, 9.17) is 5.73 Å². The maximum atomic E-state index is 13.0. The Morgan fingerprint density at radius 3 is 2.16 bits per heavy atom. The first-order valence-corrected chi connectivity index (χ1v) is 13.3. The fourth-order valence-electron chi connectivity index (χ4n) is 6.28. The second-order valence-corrected chi connectivity index (χ2v) is 10.6. The van der Waals surface area contributed by atoms with Crippen molar-refractivity contribution < 1.29 is 14.4 Å². The Bertz CT molecular complexity index is 1200. The van der Waals surface area contributed by atoms with Crippen molar-refractivity contribution in [1.29, 1.82) is 0 Å². The predicted molar refractivity (Wildman–Crippen MR) is 142 cm³/mol. The third kappa shape index (κ3) is 4.64. The summed E-state index contributed by atoms with van der Waals surface area (Å²) in [4.78, 5) is 45.9. The number of piperidine rings is 2. The number of hydrogen-bond donors (Lipinski definition) is 2. The van der Waals surface area contributed by atoms with E-state index < -0.39 is 6.04 Å². The van der Waals surface area contributed by atoms with Crippen LogP contribution in [0.25, 0.3) is 0 Å². The molecule has 4 aliphatic rings. The number of imide groups is 1. The zero-order chi connectivity index (χ0) is 25.5. The van der Waals surface area contributed by atoms with Crippen LogP contribution in [0.3, 0.4) is 0 Å². The standard InChI is InChI=1S/C28H34N6O3/c29-20-1-3-21(4-2-20)31-11-9-22(10-12-31)32-13-15-33(16-14-32)23-5-6-24-19(17-23)18-34(28(24)37)25-7-8-26(35)30-27(25)36/h1-6,17,22,25H,7-16,18,29H2,(H,30,35,36).